The summed E-state index contributed by atoms with van der Waals surface area (Å²) in [6.45, 7) is 11.3. The minimum atomic E-state index is -0.780. The Labute approximate surface area is 307 Å². The number of carbonyl (C=O) groups is 1. The van der Waals surface area contributed by atoms with Crippen LogP contribution in [0.15, 0.2) is 24.3 Å². The van der Waals surface area contributed by atoms with Gasteiger partial charge in [-0.3, -0.25) is 4.79 Å². The van der Waals surface area contributed by atoms with Crippen LogP contribution in [0, 0.1) is 11.8 Å². The van der Waals surface area contributed by atoms with E-state index in [1.165, 1.54) is 0 Å². The second kappa shape index (κ2) is 14.3. The Balaban J connectivity index is 0.994. The summed E-state index contributed by atoms with van der Waals surface area (Å²) in [7, 11) is 1.66. The summed E-state index contributed by atoms with van der Waals surface area (Å²) in [4.78, 5) is 14.1. The number of nitrogens with two attached hydrogens (primary N) is 1. The van der Waals surface area contributed by atoms with Crippen molar-refractivity contribution in [3.8, 4) is 0 Å². The van der Waals surface area contributed by atoms with Gasteiger partial charge in [0.25, 0.3) is 0 Å². The van der Waals surface area contributed by atoms with E-state index >= 15 is 0 Å². The van der Waals surface area contributed by atoms with Gasteiger partial charge in [-0.2, -0.15) is 0 Å². The molecule has 52 heavy (non-hydrogen) atoms. The van der Waals surface area contributed by atoms with Crippen LogP contribution in [0.2, 0.25) is 0 Å². The fourth-order valence-corrected chi connectivity index (χ4v) is 11.3. The quantitative estimate of drug-likeness (QED) is 0.409. The number of Topliss-reactive ketones (excluding diaryl/α,β-unsaturated/α-hetero) is 1. The molecule has 1 spiro atoms. The van der Waals surface area contributed by atoms with Crippen LogP contribution in [0.1, 0.15) is 90.4 Å². The number of carbonyl (C=O) groups excluding carboxylic acids is 1. The van der Waals surface area contributed by atoms with Gasteiger partial charge in [0.05, 0.1) is 67.1 Å². The lowest BCUT2D eigenvalue weighted by Gasteiger charge is -2.47. The Morgan fingerprint density at radius 1 is 0.808 bits per heavy atom. The van der Waals surface area contributed by atoms with Crippen molar-refractivity contribution in [2.45, 2.75) is 194 Å². The van der Waals surface area contributed by atoms with Crippen molar-refractivity contribution in [1.82, 2.24) is 0 Å². The maximum absolute atomic E-state index is 14.1. The van der Waals surface area contributed by atoms with E-state index in [9.17, 15) is 9.90 Å². The molecule has 12 nitrogen and oxygen atoms in total. The smallest absolute Gasteiger partial charge is 0.172 e. The van der Waals surface area contributed by atoms with Gasteiger partial charge >= 0.3 is 0 Å². The lowest BCUT2D eigenvalue weighted by molar-refractivity contribution is -0.292. The molecule has 0 amide bonds. The van der Waals surface area contributed by atoms with Gasteiger partial charge in [-0.05, 0) is 62.0 Å². The van der Waals surface area contributed by atoms with E-state index < -0.39 is 18.0 Å². The predicted octanol–water partition coefficient (Wildman–Crippen LogP) is 3.44. The van der Waals surface area contributed by atoms with Crippen LogP contribution >= 0.6 is 0 Å². The van der Waals surface area contributed by atoms with Crippen molar-refractivity contribution in [1.29, 1.82) is 0 Å². The SMILES string of the molecule is C=C1[C@@H]2C[C@@H]3O[C@H](C[C@H](O)CN)[C@H](OC)[C@@H]3CC(=O)C[C@H]3CC[C@@H]4O[C@H]5[C@H]6O[C@H]7C[C@](CC[C@@H]8CC(=C)[C@@H](CC[C@@H](C[C@@H]1C)O2)O8)(O[C@@H]6[C@H]4O3)O[C@@H]57. The van der Waals surface area contributed by atoms with E-state index in [1.807, 2.05) is 0 Å². The molecule has 10 aliphatic rings. The molecule has 0 aromatic heterocycles. The number of ether oxygens (including phenoxy) is 9. The van der Waals surface area contributed by atoms with Crippen molar-refractivity contribution in [3.63, 3.8) is 0 Å². The number of hydrogen-bond donors (Lipinski definition) is 2. The summed E-state index contributed by atoms with van der Waals surface area (Å²) in [5.74, 6) is -0.619. The molecule has 10 saturated heterocycles. The molecular formula is C40H59NO11. The zero-order valence-electron chi connectivity index (χ0n) is 30.8. The molecule has 0 unspecified atom stereocenters. The first-order chi connectivity index (χ1) is 25.1. The molecule has 12 heteroatoms. The molecule has 290 valence electrons. The molecule has 10 aliphatic heterocycles. The standard InChI is InChI=1S/C40H59NO11/c1-19-11-24-5-7-28-20(2)12-26(45-28)9-10-40-17-33-36(51-40)37-38(50-33)39(52-40)35-29(49-37)8-6-25(47-35)13-22(42)14-27-31(16-30(46-24)21(19)3)48-32(34(27)44-4)15-23(43)18-41/h19,23-39,43H,2-3,5-18,41H2,1,4H3/t19-,23-,24-,25+,26+,27+,28+,29-,30-,31-,32+,33-,34+,35-,36+,37+,38+,39+,40-/m0/s1. The highest BCUT2D eigenvalue weighted by Crippen LogP contribution is 2.54. The molecule has 0 aromatic rings. The number of hydrogen-bond acceptors (Lipinski definition) is 12. The van der Waals surface area contributed by atoms with Gasteiger partial charge in [0.1, 0.15) is 36.3 Å². The van der Waals surface area contributed by atoms with E-state index in [1.54, 1.807) is 7.11 Å². The van der Waals surface area contributed by atoms with Crippen molar-refractivity contribution >= 4 is 5.78 Å². The Bertz CT molecular complexity index is 1380. The molecule has 10 heterocycles. The molecule has 10 fully saturated rings. The van der Waals surface area contributed by atoms with Crippen LogP contribution in [-0.2, 0) is 47.4 Å². The maximum Gasteiger partial charge on any atom is 0.172 e. The van der Waals surface area contributed by atoms with Crippen LogP contribution in [0.5, 0.6) is 0 Å². The molecule has 19 atom stereocenters. The third kappa shape index (κ3) is 6.59. The van der Waals surface area contributed by atoms with Crippen LogP contribution in [0.3, 0.4) is 0 Å². The predicted molar refractivity (Wildman–Crippen MR) is 186 cm³/mol. The first-order valence-corrected chi connectivity index (χ1v) is 20.2. The molecule has 0 saturated carbocycles. The summed E-state index contributed by atoms with van der Waals surface area (Å²) < 4.78 is 60.0. The number of aliphatic hydroxyl groups excluding tert-OH is 1. The second-order valence-electron chi connectivity index (χ2n) is 17.4. The summed E-state index contributed by atoms with van der Waals surface area (Å²) in [5.41, 5.74) is 8.01. The third-order valence-electron chi connectivity index (χ3n) is 14.0. The normalized spacial score (nSPS) is 52.4. The zero-order chi connectivity index (χ0) is 35.9. The Kier molecular flexibility index (Phi) is 10.0. The van der Waals surface area contributed by atoms with Gasteiger partial charge in [0, 0.05) is 58.1 Å². The van der Waals surface area contributed by atoms with E-state index in [0.29, 0.717) is 25.7 Å². The molecular weight excluding hydrogens is 670 g/mol. The number of aliphatic hydroxyl groups is 1. The van der Waals surface area contributed by atoms with Gasteiger partial charge in [0.2, 0.25) is 0 Å². The molecule has 0 aromatic carbocycles. The van der Waals surface area contributed by atoms with Crippen molar-refractivity contribution < 1.29 is 52.5 Å². The lowest BCUT2D eigenvalue weighted by Crippen LogP contribution is -2.61. The first kappa shape index (κ1) is 36.4. The monoisotopic (exact) mass is 729 g/mol. The summed E-state index contributed by atoms with van der Waals surface area (Å²) in [6.07, 6.45) is 4.85. The molecule has 10 rings (SSSR count). The van der Waals surface area contributed by atoms with Crippen molar-refractivity contribution in [2.75, 3.05) is 13.7 Å². The Hall–Kier alpha value is -1.29. The van der Waals surface area contributed by atoms with Gasteiger partial charge in [0.15, 0.2) is 5.79 Å². The molecule has 0 aliphatic carbocycles. The highest BCUT2D eigenvalue weighted by molar-refractivity contribution is 5.79. The topological polar surface area (TPSA) is 146 Å². The fraction of sp³-hybridized carbons (Fsp3) is 0.875. The number of methoxy groups -OCH3 is 1. The Morgan fingerprint density at radius 2 is 1.56 bits per heavy atom. The number of rotatable bonds is 4. The summed E-state index contributed by atoms with van der Waals surface area (Å²) in [5, 5.41) is 10.5. The minimum absolute atomic E-state index is 0.0158. The number of ketones is 1. The fourth-order valence-electron chi connectivity index (χ4n) is 11.3. The van der Waals surface area contributed by atoms with Crippen molar-refractivity contribution in [2.24, 2.45) is 17.6 Å². The third-order valence-corrected chi connectivity index (χ3v) is 14.0. The van der Waals surface area contributed by atoms with E-state index in [0.717, 1.165) is 56.1 Å². The minimum Gasteiger partial charge on any atom is -0.392 e. The van der Waals surface area contributed by atoms with Crippen LogP contribution in [0.4, 0.5) is 0 Å². The van der Waals surface area contributed by atoms with E-state index in [2.05, 4.69) is 20.1 Å². The van der Waals surface area contributed by atoms with Crippen LogP contribution in [0.25, 0.3) is 0 Å². The largest absolute Gasteiger partial charge is 0.392 e. The van der Waals surface area contributed by atoms with Gasteiger partial charge < -0.3 is 53.5 Å². The van der Waals surface area contributed by atoms with E-state index in [4.69, 9.17) is 48.4 Å². The summed E-state index contributed by atoms with van der Waals surface area (Å²) >= 11 is 0. The highest BCUT2D eigenvalue weighted by Gasteiger charge is 2.68. The molecule has 12 bridgehead atoms. The van der Waals surface area contributed by atoms with Crippen LogP contribution < -0.4 is 5.73 Å². The average Bonchev–Trinajstić information content (AvgIpc) is 3.79. The van der Waals surface area contributed by atoms with Crippen molar-refractivity contribution in [3.05, 3.63) is 24.3 Å². The number of fused-ring (bicyclic) bond motifs is 6. The second-order valence-corrected chi connectivity index (χ2v) is 17.4. The Morgan fingerprint density at radius 3 is 2.38 bits per heavy atom. The molecule has 3 N–H and O–H groups in total. The molecule has 0 radical (unpaired) electrons. The van der Waals surface area contributed by atoms with E-state index in [-0.39, 0.29) is 122 Å². The van der Waals surface area contributed by atoms with Gasteiger partial charge in [-0.25, -0.2) is 0 Å². The maximum atomic E-state index is 14.1. The summed E-state index contributed by atoms with van der Waals surface area (Å²) in [6, 6.07) is 0. The average molecular weight is 730 g/mol. The van der Waals surface area contributed by atoms with Crippen LogP contribution in [-0.4, -0.2) is 128 Å². The van der Waals surface area contributed by atoms with Gasteiger partial charge in [-0.1, -0.05) is 20.1 Å². The first-order valence-electron chi connectivity index (χ1n) is 20.2. The lowest BCUT2D eigenvalue weighted by atomic mass is 9.81. The zero-order valence-corrected chi connectivity index (χ0v) is 30.8. The van der Waals surface area contributed by atoms with Gasteiger partial charge in [-0.15, -0.1) is 0 Å². The highest BCUT2D eigenvalue weighted by atomic mass is 16.8.